The fraction of sp³-hybridized carbons (Fsp3) is 0.400. The zero-order chi connectivity index (χ0) is 16.6. The molecule has 3 heterocycles. The van der Waals surface area contributed by atoms with Crippen molar-refractivity contribution in [3.63, 3.8) is 0 Å². The summed E-state index contributed by atoms with van der Waals surface area (Å²) in [7, 11) is 0. The van der Waals surface area contributed by atoms with Crippen molar-refractivity contribution in [1.82, 2.24) is 15.3 Å². The average molecular weight is 348 g/mol. The number of anilines is 3. The Hall–Kier alpha value is -2.39. The molecule has 3 N–H and O–H groups in total. The molecule has 1 aliphatic heterocycles. The molecule has 128 valence electrons. The molecule has 0 saturated carbocycles. The van der Waals surface area contributed by atoms with Gasteiger partial charge in [0.15, 0.2) is 0 Å². The largest absolute Gasteiger partial charge is 0.378 e. The average Bonchev–Trinajstić information content (AvgIpc) is 3.13. The van der Waals surface area contributed by atoms with Gasteiger partial charge in [-0.2, -0.15) is 0 Å². The predicted octanol–water partition coefficient (Wildman–Crippen LogP) is 1.61. The van der Waals surface area contributed by atoms with Crippen LogP contribution in [0.5, 0.6) is 0 Å². The van der Waals surface area contributed by atoms with Crippen LogP contribution in [0.1, 0.15) is 0 Å². The first-order valence-electron chi connectivity index (χ1n) is 7.78. The smallest absolute Gasteiger partial charge is 0.319 e. The number of nitrogens with zero attached hydrogens (tertiary/aromatic N) is 3. The van der Waals surface area contributed by atoms with E-state index in [1.807, 2.05) is 23.6 Å². The van der Waals surface area contributed by atoms with Gasteiger partial charge in [0.1, 0.15) is 18.0 Å². The summed E-state index contributed by atoms with van der Waals surface area (Å²) in [5, 5.41) is 11.5. The SMILES string of the molecule is O=C(NCCNc1cc(N2CCOCC2)ncn1)Nc1cccs1. The van der Waals surface area contributed by atoms with Crippen LogP contribution < -0.4 is 20.9 Å². The summed E-state index contributed by atoms with van der Waals surface area (Å²) in [6, 6.07) is 5.45. The minimum absolute atomic E-state index is 0.212. The number of urea groups is 1. The normalized spacial score (nSPS) is 14.2. The third-order valence-electron chi connectivity index (χ3n) is 3.46. The molecule has 0 unspecified atom stereocenters. The van der Waals surface area contributed by atoms with Crippen LogP contribution in [0.15, 0.2) is 29.9 Å². The lowest BCUT2D eigenvalue weighted by Gasteiger charge is -2.27. The molecule has 0 atom stereocenters. The maximum Gasteiger partial charge on any atom is 0.319 e. The van der Waals surface area contributed by atoms with E-state index in [-0.39, 0.29) is 6.03 Å². The van der Waals surface area contributed by atoms with Crippen LogP contribution >= 0.6 is 11.3 Å². The molecule has 1 fully saturated rings. The van der Waals surface area contributed by atoms with E-state index < -0.39 is 0 Å². The van der Waals surface area contributed by atoms with Gasteiger partial charge < -0.3 is 20.3 Å². The van der Waals surface area contributed by atoms with Crippen molar-refractivity contribution >= 4 is 34.0 Å². The number of nitrogens with one attached hydrogen (secondary N) is 3. The van der Waals surface area contributed by atoms with Crippen LogP contribution in [0.3, 0.4) is 0 Å². The maximum absolute atomic E-state index is 11.7. The van der Waals surface area contributed by atoms with Crippen molar-refractivity contribution in [3.05, 3.63) is 29.9 Å². The molecule has 9 heteroatoms. The monoisotopic (exact) mass is 348 g/mol. The molecule has 1 saturated heterocycles. The molecule has 24 heavy (non-hydrogen) atoms. The van der Waals surface area contributed by atoms with E-state index in [1.165, 1.54) is 11.3 Å². The van der Waals surface area contributed by atoms with Crippen LogP contribution in [0, 0.1) is 0 Å². The second-order valence-corrected chi connectivity index (χ2v) is 6.09. The summed E-state index contributed by atoms with van der Waals surface area (Å²) in [5.74, 6) is 1.63. The van der Waals surface area contributed by atoms with Gasteiger partial charge in [-0.3, -0.25) is 5.32 Å². The Labute approximate surface area is 144 Å². The highest BCUT2D eigenvalue weighted by atomic mass is 32.1. The molecule has 1 aliphatic rings. The standard InChI is InChI=1S/C15H20N6O2S/c22-15(20-14-2-1-9-24-14)17-4-3-16-12-10-13(19-11-18-12)21-5-7-23-8-6-21/h1-2,9-11H,3-8H2,(H,16,18,19)(H2,17,20,22). The minimum Gasteiger partial charge on any atom is -0.378 e. The molecule has 3 rings (SSSR count). The molecular formula is C15H20N6O2S. The third-order valence-corrected chi connectivity index (χ3v) is 4.25. The van der Waals surface area contributed by atoms with Crippen molar-refractivity contribution in [3.8, 4) is 0 Å². The fourth-order valence-corrected chi connectivity index (χ4v) is 2.89. The summed E-state index contributed by atoms with van der Waals surface area (Å²) < 4.78 is 5.34. The Balaban J connectivity index is 1.40. The Bertz CT molecular complexity index is 645. The van der Waals surface area contributed by atoms with E-state index in [4.69, 9.17) is 4.74 Å². The van der Waals surface area contributed by atoms with E-state index >= 15 is 0 Å². The van der Waals surface area contributed by atoms with Gasteiger partial charge in [-0.25, -0.2) is 14.8 Å². The highest BCUT2D eigenvalue weighted by Crippen LogP contribution is 2.15. The summed E-state index contributed by atoms with van der Waals surface area (Å²) in [6.07, 6.45) is 1.55. The topological polar surface area (TPSA) is 91.4 Å². The van der Waals surface area contributed by atoms with E-state index in [0.717, 1.165) is 42.9 Å². The minimum atomic E-state index is -0.212. The number of hydrogen-bond donors (Lipinski definition) is 3. The Kier molecular flexibility index (Phi) is 5.80. The molecule has 0 bridgehead atoms. The second-order valence-electron chi connectivity index (χ2n) is 5.15. The molecule has 0 aliphatic carbocycles. The second kappa shape index (κ2) is 8.46. The van der Waals surface area contributed by atoms with Crippen molar-refractivity contribution in [2.24, 2.45) is 0 Å². The first kappa shape index (κ1) is 16.5. The first-order chi connectivity index (χ1) is 11.8. The predicted molar refractivity (Wildman–Crippen MR) is 94.9 cm³/mol. The number of carbonyl (C=O) groups excluding carboxylic acids is 1. The molecular weight excluding hydrogens is 328 g/mol. The van der Waals surface area contributed by atoms with Crippen LogP contribution in [0.2, 0.25) is 0 Å². The molecule has 2 amide bonds. The van der Waals surface area contributed by atoms with Gasteiger partial charge in [0.25, 0.3) is 0 Å². The van der Waals surface area contributed by atoms with E-state index in [1.54, 1.807) is 6.33 Å². The Morgan fingerprint density at radius 2 is 2.17 bits per heavy atom. The lowest BCUT2D eigenvalue weighted by Crippen LogP contribution is -2.36. The first-order valence-corrected chi connectivity index (χ1v) is 8.66. The summed E-state index contributed by atoms with van der Waals surface area (Å²) in [4.78, 5) is 22.4. The molecule has 2 aromatic rings. The quantitative estimate of drug-likeness (QED) is 0.687. The Morgan fingerprint density at radius 1 is 1.29 bits per heavy atom. The lowest BCUT2D eigenvalue weighted by molar-refractivity contribution is 0.122. The van der Waals surface area contributed by atoms with Gasteiger partial charge in [0, 0.05) is 32.2 Å². The number of rotatable bonds is 6. The molecule has 0 aromatic carbocycles. The van der Waals surface area contributed by atoms with Gasteiger partial charge in [0.2, 0.25) is 0 Å². The lowest BCUT2D eigenvalue weighted by atomic mass is 10.4. The number of aromatic nitrogens is 2. The third kappa shape index (κ3) is 4.80. The van der Waals surface area contributed by atoms with Crippen molar-refractivity contribution in [2.75, 3.05) is 54.9 Å². The fourth-order valence-electron chi connectivity index (χ4n) is 2.28. The van der Waals surface area contributed by atoms with Gasteiger partial charge in [0.05, 0.1) is 18.2 Å². The van der Waals surface area contributed by atoms with Gasteiger partial charge in [-0.1, -0.05) is 0 Å². The number of hydrogen-bond acceptors (Lipinski definition) is 7. The number of ether oxygens (including phenoxy) is 1. The summed E-state index contributed by atoms with van der Waals surface area (Å²) in [5.41, 5.74) is 0. The number of amides is 2. The van der Waals surface area contributed by atoms with Gasteiger partial charge in [-0.15, -0.1) is 11.3 Å². The molecule has 8 nitrogen and oxygen atoms in total. The number of thiophene rings is 1. The zero-order valence-corrected chi connectivity index (χ0v) is 14.0. The van der Waals surface area contributed by atoms with Crippen LogP contribution in [0.4, 0.5) is 21.4 Å². The summed E-state index contributed by atoms with van der Waals surface area (Å²) in [6.45, 7) is 4.18. The maximum atomic E-state index is 11.7. The van der Waals surface area contributed by atoms with Crippen molar-refractivity contribution in [2.45, 2.75) is 0 Å². The highest BCUT2D eigenvalue weighted by Gasteiger charge is 2.12. The van der Waals surface area contributed by atoms with E-state index in [0.29, 0.717) is 13.1 Å². The summed E-state index contributed by atoms with van der Waals surface area (Å²) >= 11 is 1.48. The van der Waals surface area contributed by atoms with Crippen LogP contribution in [0.25, 0.3) is 0 Å². The molecule has 0 spiro atoms. The van der Waals surface area contributed by atoms with Gasteiger partial charge >= 0.3 is 6.03 Å². The van der Waals surface area contributed by atoms with Crippen LogP contribution in [-0.4, -0.2) is 55.4 Å². The highest BCUT2D eigenvalue weighted by molar-refractivity contribution is 7.14. The van der Waals surface area contributed by atoms with E-state index in [2.05, 4.69) is 30.8 Å². The van der Waals surface area contributed by atoms with E-state index in [9.17, 15) is 4.79 Å². The van der Waals surface area contributed by atoms with Crippen molar-refractivity contribution < 1.29 is 9.53 Å². The Morgan fingerprint density at radius 3 is 2.96 bits per heavy atom. The number of morpholine rings is 1. The number of carbonyl (C=O) groups is 1. The molecule has 0 radical (unpaired) electrons. The van der Waals surface area contributed by atoms with Gasteiger partial charge in [-0.05, 0) is 17.5 Å². The van der Waals surface area contributed by atoms with Crippen molar-refractivity contribution in [1.29, 1.82) is 0 Å². The molecule has 2 aromatic heterocycles. The van der Waals surface area contributed by atoms with Crippen LogP contribution in [-0.2, 0) is 4.74 Å². The zero-order valence-electron chi connectivity index (χ0n) is 13.2.